The van der Waals surface area contributed by atoms with Gasteiger partial charge < -0.3 is 10.6 Å². The van der Waals surface area contributed by atoms with Gasteiger partial charge in [-0.3, -0.25) is 14.5 Å². The molecule has 0 aromatic heterocycles. The first kappa shape index (κ1) is 24.0. The van der Waals surface area contributed by atoms with Gasteiger partial charge in [0.05, 0.1) is 29.5 Å². The van der Waals surface area contributed by atoms with Gasteiger partial charge in [0, 0.05) is 9.92 Å². The number of nitrogens with one attached hydrogen (secondary N) is 2. The molecule has 0 spiro atoms. The molecule has 2 amide bonds. The number of alkyl halides is 3. The highest BCUT2D eigenvalue weighted by atomic mass is 35.5. The number of benzene rings is 2. The van der Waals surface area contributed by atoms with Crippen molar-refractivity contribution in [3.8, 4) is 0 Å². The number of carbonyl (C=O) groups excluding carboxylic acids is 2. The normalized spacial score (nSPS) is 12.5. The van der Waals surface area contributed by atoms with Gasteiger partial charge in [0.1, 0.15) is 0 Å². The van der Waals surface area contributed by atoms with E-state index in [0.29, 0.717) is 5.69 Å². The Labute approximate surface area is 182 Å². The molecule has 2 rings (SSSR count). The van der Waals surface area contributed by atoms with E-state index in [1.54, 1.807) is 12.1 Å². The predicted octanol–water partition coefficient (Wildman–Crippen LogP) is 4.98. The maximum absolute atomic E-state index is 13.2. The van der Waals surface area contributed by atoms with Crippen LogP contribution in [0.1, 0.15) is 12.5 Å². The predicted molar refractivity (Wildman–Crippen MR) is 114 cm³/mol. The third-order valence-electron chi connectivity index (χ3n) is 4.36. The maximum Gasteiger partial charge on any atom is 0.418 e. The molecule has 2 aromatic carbocycles. The summed E-state index contributed by atoms with van der Waals surface area (Å²) < 4.78 is 39.6. The Bertz CT molecular complexity index is 924. The summed E-state index contributed by atoms with van der Waals surface area (Å²) in [5.74, 6) is -1.02. The van der Waals surface area contributed by atoms with Crippen molar-refractivity contribution in [1.82, 2.24) is 4.90 Å². The summed E-state index contributed by atoms with van der Waals surface area (Å²) >= 11 is 7.13. The number of amides is 2. The number of halogens is 4. The summed E-state index contributed by atoms with van der Waals surface area (Å²) in [5, 5.41) is 4.96. The second-order valence-corrected chi connectivity index (χ2v) is 7.80. The number of para-hydroxylation sites is 1. The summed E-state index contributed by atoms with van der Waals surface area (Å²) in [6.45, 7) is 1.38. The number of carbonyl (C=O) groups is 2. The molecule has 30 heavy (non-hydrogen) atoms. The van der Waals surface area contributed by atoms with E-state index in [9.17, 15) is 22.8 Å². The van der Waals surface area contributed by atoms with Crippen LogP contribution >= 0.6 is 23.4 Å². The van der Waals surface area contributed by atoms with Crippen LogP contribution in [0.5, 0.6) is 0 Å². The van der Waals surface area contributed by atoms with Crippen molar-refractivity contribution in [1.29, 1.82) is 0 Å². The minimum Gasteiger partial charge on any atom is -0.324 e. The molecule has 1 atom stereocenters. The first-order valence-electron chi connectivity index (χ1n) is 8.83. The number of hydrogen-bond acceptors (Lipinski definition) is 4. The first-order valence-corrected chi connectivity index (χ1v) is 10.4. The van der Waals surface area contributed by atoms with Crippen LogP contribution in [0.15, 0.2) is 47.4 Å². The summed E-state index contributed by atoms with van der Waals surface area (Å²) in [6.07, 6.45) is -2.79. The fourth-order valence-corrected chi connectivity index (χ4v) is 3.32. The third-order valence-corrected chi connectivity index (χ3v) is 5.39. The van der Waals surface area contributed by atoms with E-state index >= 15 is 0 Å². The SMILES string of the molecule is CSc1ccccc1NC(=O)CN(C)[C@H](C)C(=O)Nc1ccc(Cl)cc1C(F)(F)F. The van der Waals surface area contributed by atoms with Gasteiger partial charge in [0.2, 0.25) is 11.8 Å². The zero-order valence-electron chi connectivity index (χ0n) is 16.5. The average molecular weight is 460 g/mol. The molecule has 10 heteroatoms. The lowest BCUT2D eigenvalue weighted by molar-refractivity contribution is -0.137. The van der Waals surface area contributed by atoms with Crippen LogP contribution in [-0.4, -0.2) is 42.6 Å². The van der Waals surface area contributed by atoms with Crippen molar-refractivity contribution in [2.45, 2.75) is 24.0 Å². The minimum atomic E-state index is -4.67. The van der Waals surface area contributed by atoms with E-state index in [1.165, 1.54) is 36.7 Å². The average Bonchev–Trinajstić information content (AvgIpc) is 2.68. The quantitative estimate of drug-likeness (QED) is 0.573. The molecule has 0 unspecified atom stereocenters. The third kappa shape index (κ3) is 6.38. The lowest BCUT2D eigenvalue weighted by Gasteiger charge is -2.24. The van der Waals surface area contributed by atoms with Crippen molar-refractivity contribution < 1.29 is 22.8 Å². The van der Waals surface area contributed by atoms with E-state index in [4.69, 9.17) is 11.6 Å². The Kier molecular flexibility index (Phi) is 8.17. The van der Waals surface area contributed by atoms with E-state index in [1.807, 2.05) is 18.4 Å². The van der Waals surface area contributed by atoms with Crippen LogP contribution < -0.4 is 10.6 Å². The van der Waals surface area contributed by atoms with Crippen molar-refractivity contribution in [3.05, 3.63) is 53.1 Å². The minimum absolute atomic E-state index is 0.0901. The number of likely N-dealkylation sites (N-methyl/N-ethyl adjacent to an activating group) is 1. The first-order chi connectivity index (χ1) is 14.0. The monoisotopic (exact) mass is 459 g/mol. The molecule has 0 saturated carbocycles. The highest BCUT2D eigenvalue weighted by Gasteiger charge is 2.34. The number of rotatable bonds is 7. The van der Waals surface area contributed by atoms with Crippen molar-refractivity contribution in [3.63, 3.8) is 0 Å². The highest BCUT2D eigenvalue weighted by Crippen LogP contribution is 2.36. The van der Waals surface area contributed by atoms with Gasteiger partial charge in [-0.25, -0.2) is 0 Å². The van der Waals surface area contributed by atoms with Crippen LogP contribution in [-0.2, 0) is 15.8 Å². The molecule has 2 aromatic rings. The van der Waals surface area contributed by atoms with E-state index < -0.39 is 29.4 Å². The van der Waals surface area contributed by atoms with Crippen LogP contribution in [0.2, 0.25) is 5.02 Å². The Hall–Kier alpha value is -2.23. The van der Waals surface area contributed by atoms with Crippen LogP contribution in [0, 0.1) is 0 Å². The second-order valence-electron chi connectivity index (χ2n) is 6.52. The molecule has 5 nitrogen and oxygen atoms in total. The molecule has 0 heterocycles. The van der Waals surface area contributed by atoms with Crippen molar-refractivity contribution in [2.24, 2.45) is 0 Å². The number of thioether (sulfide) groups is 1. The second kappa shape index (κ2) is 10.2. The van der Waals surface area contributed by atoms with Crippen LogP contribution in [0.4, 0.5) is 24.5 Å². The lowest BCUT2D eigenvalue weighted by atomic mass is 10.1. The van der Waals surface area contributed by atoms with Gasteiger partial charge in [-0.2, -0.15) is 13.2 Å². The largest absolute Gasteiger partial charge is 0.418 e. The molecule has 0 fully saturated rings. The standard InChI is InChI=1S/C20H21ClF3N3O2S/c1-12(19(29)26-15-9-8-13(21)10-14(15)20(22,23)24)27(2)11-18(28)25-16-6-4-5-7-17(16)30-3/h4-10,12H,11H2,1-3H3,(H,25,28)(H,26,29)/t12-/m1/s1. The zero-order valence-corrected chi connectivity index (χ0v) is 18.1. The van der Waals surface area contributed by atoms with E-state index in [2.05, 4.69) is 10.6 Å². The highest BCUT2D eigenvalue weighted by molar-refractivity contribution is 7.98. The molecule has 0 saturated heterocycles. The Balaban J connectivity index is 2.03. The lowest BCUT2D eigenvalue weighted by Crippen LogP contribution is -2.43. The molecular weight excluding hydrogens is 439 g/mol. The van der Waals surface area contributed by atoms with Crippen LogP contribution in [0.25, 0.3) is 0 Å². The molecule has 0 aliphatic rings. The van der Waals surface area contributed by atoms with Crippen LogP contribution in [0.3, 0.4) is 0 Å². The molecule has 0 aliphatic carbocycles. The molecule has 2 N–H and O–H groups in total. The van der Waals surface area contributed by atoms with Gasteiger partial charge in [-0.15, -0.1) is 11.8 Å². The van der Waals surface area contributed by atoms with Gasteiger partial charge in [-0.1, -0.05) is 23.7 Å². The molecule has 162 valence electrons. The van der Waals surface area contributed by atoms with Crippen molar-refractivity contribution in [2.75, 3.05) is 30.5 Å². The topological polar surface area (TPSA) is 61.4 Å². The summed E-state index contributed by atoms with van der Waals surface area (Å²) in [5.41, 5.74) is -0.781. The maximum atomic E-state index is 13.2. The molecular formula is C20H21ClF3N3O2S. The van der Waals surface area contributed by atoms with E-state index in [0.717, 1.165) is 17.0 Å². The number of hydrogen-bond donors (Lipinski definition) is 2. The molecule has 0 radical (unpaired) electrons. The molecule has 0 aliphatic heterocycles. The Morgan fingerprint density at radius 3 is 2.43 bits per heavy atom. The van der Waals surface area contributed by atoms with Gasteiger partial charge in [-0.05, 0) is 50.6 Å². The summed E-state index contributed by atoms with van der Waals surface area (Å²) in [6, 6.07) is 9.53. The Morgan fingerprint density at radius 2 is 1.80 bits per heavy atom. The smallest absolute Gasteiger partial charge is 0.324 e. The zero-order chi connectivity index (χ0) is 22.5. The fourth-order valence-electron chi connectivity index (χ4n) is 2.60. The number of nitrogens with zero attached hydrogens (tertiary/aromatic N) is 1. The van der Waals surface area contributed by atoms with Gasteiger partial charge >= 0.3 is 6.18 Å². The number of anilines is 2. The summed E-state index contributed by atoms with van der Waals surface area (Å²) in [4.78, 5) is 27.1. The van der Waals surface area contributed by atoms with Crippen molar-refractivity contribution >= 4 is 46.6 Å². The van der Waals surface area contributed by atoms with Gasteiger partial charge in [0.25, 0.3) is 0 Å². The Morgan fingerprint density at radius 1 is 1.13 bits per heavy atom. The summed E-state index contributed by atoms with van der Waals surface area (Å²) in [7, 11) is 1.54. The van der Waals surface area contributed by atoms with Gasteiger partial charge in [0.15, 0.2) is 0 Å². The molecule has 0 bridgehead atoms. The van der Waals surface area contributed by atoms with E-state index in [-0.39, 0.29) is 17.5 Å². The fraction of sp³-hybridized carbons (Fsp3) is 0.300.